The summed E-state index contributed by atoms with van der Waals surface area (Å²) in [4.78, 5) is 18.5. The highest BCUT2D eigenvalue weighted by atomic mass is 16.5. The topological polar surface area (TPSA) is 63.7 Å². The van der Waals surface area contributed by atoms with Crippen molar-refractivity contribution in [3.05, 3.63) is 48.3 Å². The zero-order valence-electron chi connectivity index (χ0n) is 13.9. The Morgan fingerprint density at radius 3 is 2.88 bits per heavy atom. The van der Waals surface area contributed by atoms with Crippen LogP contribution >= 0.6 is 0 Å². The molecule has 24 heavy (non-hydrogen) atoms. The summed E-state index contributed by atoms with van der Waals surface area (Å²) < 4.78 is 10.7. The van der Waals surface area contributed by atoms with Gasteiger partial charge in [-0.05, 0) is 37.1 Å². The van der Waals surface area contributed by atoms with E-state index in [1.165, 1.54) is 0 Å². The summed E-state index contributed by atoms with van der Waals surface area (Å²) in [6.45, 7) is 0.714. The van der Waals surface area contributed by atoms with E-state index in [0.717, 1.165) is 29.9 Å². The molecule has 1 N–H and O–H groups in total. The molecule has 0 saturated carbocycles. The molecule has 2 heterocycles. The van der Waals surface area contributed by atoms with Gasteiger partial charge in [0.15, 0.2) is 0 Å². The number of urea groups is 1. The van der Waals surface area contributed by atoms with E-state index in [1.54, 1.807) is 32.7 Å². The minimum absolute atomic E-state index is 0.0115. The molecule has 1 unspecified atom stereocenters. The van der Waals surface area contributed by atoms with Crippen LogP contribution in [-0.2, 0) is 0 Å². The van der Waals surface area contributed by atoms with Gasteiger partial charge in [-0.2, -0.15) is 0 Å². The molecule has 1 fully saturated rings. The standard InChI is InChI=1S/C18H21N3O3/c1-23-14-7-8-15(17(11-14)24-2)16-6-4-10-21(16)18(22)20-13-5-3-9-19-12-13/h3,5,7-9,11-12,16H,4,6,10H2,1-2H3,(H,20,22). The molecule has 126 valence electrons. The van der Waals surface area contributed by atoms with Crippen LogP contribution in [0.15, 0.2) is 42.7 Å². The number of carbonyl (C=O) groups excluding carboxylic acids is 1. The van der Waals surface area contributed by atoms with Crippen LogP contribution in [-0.4, -0.2) is 36.7 Å². The molecule has 2 amide bonds. The van der Waals surface area contributed by atoms with Gasteiger partial charge in [-0.25, -0.2) is 4.79 Å². The Labute approximate surface area is 141 Å². The first kappa shape index (κ1) is 16.1. The highest BCUT2D eigenvalue weighted by Gasteiger charge is 2.32. The lowest BCUT2D eigenvalue weighted by atomic mass is 10.0. The minimum atomic E-state index is -0.122. The average molecular weight is 327 g/mol. The van der Waals surface area contributed by atoms with Gasteiger partial charge < -0.3 is 19.7 Å². The van der Waals surface area contributed by atoms with Gasteiger partial charge in [-0.15, -0.1) is 0 Å². The van der Waals surface area contributed by atoms with Crippen molar-refractivity contribution in [2.24, 2.45) is 0 Å². The first-order chi connectivity index (χ1) is 11.7. The fraction of sp³-hybridized carbons (Fsp3) is 0.333. The smallest absolute Gasteiger partial charge is 0.322 e. The largest absolute Gasteiger partial charge is 0.497 e. The number of carbonyl (C=O) groups is 1. The Bertz CT molecular complexity index is 706. The van der Waals surface area contributed by atoms with Crippen molar-refractivity contribution < 1.29 is 14.3 Å². The van der Waals surface area contributed by atoms with Crippen molar-refractivity contribution in [3.63, 3.8) is 0 Å². The van der Waals surface area contributed by atoms with Gasteiger partial charge in [0, 0.05) is 24.4 Å². The van der Waals surface area contributed by atoms with Crippen molar-refractivity contribution in [1.82, 2.24) is 9.88 Å². The first-order valence-electron chi connectivity index (χ1n) is 7.92. The van der Waals surface area contributed by atoms with Crippen LogP contribution in [0.3, 0.4) is 0 Å². The molecule has 1 saturated heterocycles. The molecule has 1 aromatic heterocycles. The van der Waals surface area contributed by atoms with Crippen LogP contribution < -0.4 is 14.8 Å². The molecule has 6 heteroatoms. The molecule has 0 spiro atoms. The molecule has 1 aliphatic heterocycles. The van der Waals surface area contributed by atoms with Crippen molar-refractivity contribution in [2.75, 3.05) is 26.1 Å². The maximum Gasteiger partial charge on any atom is 0.322 e. The Kier molecular flexibility index (Phi) is 4.84. The van der Waals surface area contributed by atoms with E-state index >= 15 is 0 Å². The molecule has 6 nitrogen and oxygen atoms in total. The lowest BCUT2D eigenvalue weighted by Crippen LogP contribution is -2.34. The Morgan fingerprint density at radius 2 is 2.17 bits per heavy atom. The van der Waals surface area contributed by atoms with Gasteiger partial charge in [0.05, 0.1) is 32.1 Å². The van der Waals surface area contributed by atoms with Gasteiger partial charge in [0.2, 0.25) is 0 Å². The molecule has 3 rings (SSSR count). The molecule has 1 aromatic carbocycles. The Hall–Kier alpha value is -2.76. The number of amides is 2. The quantitative estimate of drug-likeness (QED) is 0.934. The zero-order chi connectivity index (χ0) is 16.9. The summed E-state index contributed by atoms with van der Waals surface area (Å²) in [6.07, 6.45) is 5.18. The molecule has 2 aromatic rings. The predicted octanol–water partition coefficient (Wildman–Crippen LogP) is 3.47. The summed E-state index contributed by atoms with van der Waals surface area (Å²) in [7, 11) is 3.25. The van der Waals surface area contributed by atoms with E-state index in [-0.39, 0.29) is 12.1 Å². The van der Waals surface area contributed by atoms with E-state index < -0.39 is 0 Å². The summed E-state index contributed by atoms with van der Waals surface area (Å²) >= 11 is 0. The average Bonchev–Trinajstić information content (AvgIpc) is 3.11. The van der Waals surface area contributed by atoms with E-state index in [1.807, 2.05) is 29.2 Å². The second-order valence-electron chi connectivity index (χ2n) is 5.63. The normalized spacial score (nSPS) is 16.8. The van der Waals surface area contributed by atoms with Crippen LogP contribution in [0, 0.1) is 0 Å². The maximum absolute atomic E-state index is 12.6. The van der Waals surface area contributed by atoms with Crippen LogP contribution in [0.5, 0.6) is 11.5 Å². The highest BCUT2D eigenvalue weighted by molar-refractivity contribution is 5.89. The second-order valence-corrected chi connectivity index (χ2v) is 5.63. The van der Waals surface area contributed by atoms with Crippen LogP contribution in [0.25, 0.3) is 0 Å². The third-order valence-electron chi connectivity index (χ3n) is 4.23. The number of hydrogen-bond acceptors (Lipinski definition) is 4. The lowest BCUT2D eigenvalue weighted by Gasteiger charge is -2.26. The Balaban J connectivity index is 1.81. The number of ether oxygens (including phenoxy) is 2. The number of pyridine rings is 1. The summed E-state index contributed by atoms with van der Waals surface area (Å²) in [5.74, 6) is 1.47. The number of anilines is 1. The molecular weight excluding hydrogens is 306 g/mol. The highest BCUT2D eigenvalue weighted by Crippen LogP contribution is 2.38. The van der Waals surface area contributed by atoms with E-state index in [9.17, 15) is 4.79 Å². The number of nitrogens with zero attached hydrogens (tertiary/aromatic N) is 2. The minimum Gasteiger partial charge on any atom is -0.497 e. The SMILES string of the molecule is COc1ccc(C2CCCN2C(=O)Nc2cccnc2)c(OC)c1. The van der Waals surface area contributed by atoms with Gasteiger partial charge in [-0.3, -0.25) is 4.98 Å². The molecular formula is C18H21N3O3. The number of aromatic nitrogens is 1. The molecule has 1 aliphatic rings. The Morgan fingerprint density at radius 1 is 1.29 bits per heavy atom. The van der Waals surface area contributed by atoms with Gasteiger partial charge >= 0.3 is 6.03 Å². The number of methoxy groups -OCH3 is 2. The van der Waals surface area contributed by atoms with Crippen molar-refractivity contribution in [2.45, 2.75) is 18.9 Å². The summed E-state index contributed by atoms with van der Waals surface area (Å²) in [6, 6.07) is 9.20. The maximum atomic E-state index is 12.6. The van der Waals surface area contributed by atoms with Crippen LogP contribution in [0.2, 0.25) is 0 Å². The number of nitrogens with one attached hydrogen (secondary N) is 1. The third-order valence-corrected chi connectivity index (χ3v) is 4.23. The summed E-state index contributed by atoms with van der Waals surface area (Å²) in [5.41, 5.74) is 1.69. The van der Waals surface area contributed by atoms with Crippen molar-refractivity contribution in [3.8, 4) is 11.5 Å². The first-order valence-corrected chi connectivity index (χ1v) is 7.92. The van der Waals surface area contributed by atoms with E-state index in [2.05, 4.69) is 10.3 Å². The van der Waals surface area contributed by atoms with Gasteiger partial charge in [0.1, 0.15) is 11.5 Å². The monoisotopic (exact) mass is 327 g/mol. The number of rotatable bonds is 4. The van der Waals surface area contributed by atoms with Gasteiger partial charge in [0.25, 0.3) is 0 Å². The second kappa shape index (κ2) is 7.21. The fourth-order valence-electron chi connectivity index (χ4n) is 3.06. The number of benzene rings is 1. The van der Waals surface area contributed by atoms with Gasteiger partial charge in [-0.1, -0.05) is 0 Å². The third kappa shape index (κ3) is 3.27. The molecule has 0 aliphatic carbocycles. The predicted molar refractivity (Wildman–Crippen MR) is 91.5 cm³/mol. The molecule has 1 atom stereocenters. The van der Waals surface area contributed by atoms with Crippen LogP contribution in [0.1, 0.15) is 24.4 Å². The van der Waals surface area contributed by atoms with Crippen molar-refractivity contribution in [1.29, 1.82) is 0 Å². The summed E-state index contributed by atoms with van der Waals surface area (Å²) in [5, 5.41) is 2.90. The number of hydrogen-bond donors (Lipinski definition) is 1. The molecule has 0 radical (unpaired) electrons. The fourth-order valence-corrected chi connectivity index (χ4v) is 3.06. The zero-order valence-corrected chi connectivity index (χ0v) is 13.9. The lowest BCUT2D eigenvalue weighted by molar-refractivity contribution is 0.206. The van der Waals surface area contributed by atoms with E-state index in [0.29, 0.717) is 12.2 Å². The number of likely N-dealkylation sites (tertiary alicyclic amines) is 1. The van der Waals surface area contributed by atoms with Crippen molar-refractivity contribution >= 4 is 11.7 Å². The molecule has 0 bridgehead atoms. The van der Waals surface area contributed by atoms with Crippen LogP contribution in [0.4, 0.5) is 10.5 Å². The van der Waals surface area contributed by atoms with E-state index in [4.69, 9.17) is 9.47 Å².